The molecule has 0 spiro atoms. The predicted molar refractivity (Wildman–Crippen MR) is 97.1 cm³/mol. The molecule has 0 aliphatic carbocycles. The molecule has 0 aliphatic heterocycles. The Morgan fingerprint density at radius 1 is 0.917 bits per heavy atom. The molecule has 0 aromatic heterocycles. The van der Waals surface area contributed by atoms with E-state index in [1.54, 1.807) is 45.4 Å². The SMILES string of the molecule is COc1cc(NC(=S)Nc2ccc(F)c(C)c2)cc(OC)c1OC. The number of anilines is 2. The van der Waals surface area contributed by atoms with Crippen LogP contribution in [0.5, 0.6) is 17.2 Å². The van der Waals surface area contributed by atoms with Gasteiger partial charge >= 0.3 is 0 Å². The maximum atomic E-state index is 13.3. The van der Waals surface area contributed by atoms with Crippen LogP contribution in [0.15, 0.2) is 30.3 Å². The Balaban J connectivity index is 2.17. The number of thiocarbonyl (C=S) groups is 1. The standard InChI is InChI=1S/C17H19FN2O3S/c1-10-7-11(5-6-13(10)18)19-17(24)20-12-8-14(21-2)16(23-4)15(9-12)22-3/h5-9H,1-4H3,(H2,19,20,24). The van der Waals surface area contributed by atoms with Crippen molar-refractivity contribution in [2.24, 2.45) is 0 Å². The van der Waals surface area contributed by atoms with Gasteiger partial charge in [0.1, 0.15) is 5.82 Å². The quantitative estimate of drug-likeness (QED) is 0.796. The molecular weight excluding hydrogens is 331 g/mol. The number of rotatable bonds is 5. The second kappa shape index (κ2) is 7.83. The number of ether oxygens (including phenoxy) is 3. The molecule has 0 saturated heterocycles. The first-order valence-electron chi connectivity index (χ1n) is 7.12. The first kappa shape index (κ1) is 17.8. The van der Waals surface area contributed by atoms with Crippen LogP contribution in [0.3, 0.4) is 0 Å². The van der Waals surface area contributed by atoms with Crippen LogP contribution in [0.2, 0.25) is 0 Å². The topological polar surface area (TPSA) is 51.8 Å². The number of hydrogen-bond donors (Lipinski definition) is 2. The fourth-order valence-electron chi connectivity index (χ4n) is 2.17. The Kier molecular flexibility index (Phi) is 5.81. The van der Waals surface area contributed by atoms with Gasteiger partial charge in [-0.05, 0) is 42.9 Å². The average molecular weight is 350 g/mol. The van der Waals surface area contributed by atoms with Crippen molar-refractivity contribution in [2.45, 2.75) is 6.92 Å². The summed E-state index contributed by atoms with van der Waals surface area (Å²) >= 11 is 5.29. The molecule has 0 radical (unpaired) electrons. The number of hydrogen-bond acceptors (Lipinski definition) is 4. The van der Waals surface area contributed by atoms with Crippen LogP contribution in [0.1, 0.15) is 5.56 Å². The average Bonchev–Trinajstić information content (AvgIpc) is 2.57. The van der Waals surface area contributed by atoms with E-state index < -0.39 is 0 Å². The van der Waals surface area contributed by atoms with Crippen LogP contribution in [0.4, 0.5) is 15.8 Å². The van der Waals surface area contributed by atoms with Crippen molar-refractivity contribution in [3.8, 4) is 17.2 Å². The van der Waals surface area contributed by atoms with Gasteiger partial charge in [0.25, 0.3) is 0 Å². The van der Waals surface area contributed by atoms with E-state index in [1.165, 1.54) is 13.2 Å². The highest BCUT2D eigenvalue weighted by molar-refractivity contribution is 7.80. The third kappa shape index (κ3) is 4.05. The van der Waals surface area contributed by atoms with Gasteiger partial charge < -0.3 is 24.8 Å². The van der Waals surface area contributed by atoms with E-state index in [0.29, 0.717) is 39.3 Å². The molecule has 0 atom stereocenters. The molecule has 24 heavy (non-hydrogen) atoms. The van der Waals surface area contributed by atoms with E-state index in [-0.39, 0.29) is 5.82 Å². The minimum atomic E-state index is -0.260. The third-order valence-electron chi connectivity index (χ3n) is 3.34. The molecule has 0 bridgehead atoms. The van der Waals surface area contributed by atoms with Gasteiger partial charge in [-0.3, -0.25) is 0 Å². The lowest BCUT2D eigenvalue weighted by Gasteiger charge is -2.16. The number of methoxy groups -OCH3 is 3. The highest BCUT2D eigenvalue weighted by Crippen LogP contribution is 2.39. The van der Waals surface area contributed by atoms with E-state index >= 15 is 0 Å². The molecule has 2 rings (SSSR count). The number of nitrogens with one attached hydrogen (secondary N) is 2. The van der Waals surface area contributed by atoms with Gasteiger partial charge in [-0.1, -0.05) is 0 Å². The van der Waals surface area contributed by atoms with E-state index in [4.69, 9.17) is 26.4 Å². The van der Waals surface area contributed by atoms with Gasteiger partial charge in [-0.25, -0.2) is 4.39 Å². The zero-order valence-corrected chi connectivity index (χ0v) is 14.7. The summed E-state index contributed by atoms with van der Waals surface area (Å²) < 4.78 is 29.2. The van der Waals surface area contributed by atoms with E-state index in [0.717, 1.165) is 0 Å². The summed E-state index contributed by atoms with van der Waals surface area (Å²) in [5, 5.41) is 6.40. The van der Waals surface area contributed by atoms with Gasteiger partial charge in [-0.15, -0.1) is 0 Å². The van der Waals surface area contributed by atoms with Gasteiger partial charge in [0.05, 0.1) is 21.3 Å². The molecule has 7 heteroatoms. The summed E-state index contributed by atoms with van der Waals surface area (Å²) in [7, 11) is 4.62. The van der Waals surface area contributed by atoms with Crippen molar-refractivity contribution in [3.05, 3.63) is 41.7 Å². The van der Waals surface area contributed by atoms with Gasteiger partial charge in [0.2, 0.25) is 5.75 Å². The molecule has 0 saturated carbocycles. The second-order valence-electron chi connectivity index (χ2n) is 4.96. The van der Waals surface area contributed by atoms with Crippen LogP contribution in [-0.4, -0.2) is 26.4 Å². The Morgan fingerprint density at radius 2 is 1.50 bits per heavy atom. The Morgan fingerprint density at radius 3 is 2.00 bits per heavy atom. The van der Waals surface area contributed by atoms with E-state index in [2.05, 4.69) is 10.6 Å². The summed E-state index contributed by atoms with van der Waals surface area (Å²) in [5.41, 5.74) is 1.90. The predicted octanol–water partition coefficient (Wildman–Crippen LogP) is 3.97. The molecule has 5 nitrogen and oxygen atoms in total. The molecule has 2 aromatic rings. The first-order valence-corrected chi connectivity index (χ1v) is 7.53. The summed E-state index contributed by atoms with van der Waals surface area (Å²) in [6.45, 7) is 1.69. The van der Waals surface area contributed by atoms with Crippen LogP contribution < -0.4 is 24.8 Å². The molecule has 0 aliphatic rings. The zero-order valence-electron chi connectivity index (χ0n) is 13.9. The Labute approximate surface area is 145 Å². The molecule has 0 fully saturated rings. The fourth-order valence-corrected chi connectivity index (χ4v) is 2.40. The smallest absolute Gasteiger partial charge is 0.203 e. The molecule has 0 amide bonds. The van der Waals surface area contributed by atoms with E-state index in [1.807, 2.05) is 0 Å². The molecular formula is C17H19FN2O3S. The minimum absolute atomic E-state index is 0.260. The van der Waals surface area contributed by atoms with Crippen LogP contribution in [0, 0.1) is 12.7 Å². The maximum Gasteiger partial charge on any atom is 0.203 e. The second-order valence-corrected chi connectivity index (χ2v) is 5.37. The molecule has 2 N–H and O–H groups in total. The van der Waals surface area contributed by atoms with Crippen molar-refractivity contribution in [3.63, 3.8) is 0 Å². The van der Waals surface area contributed by atoms with Gasteiger partial charge in [0, 0.05) is 23.5 Å². The normalized spacial score (nSPS) is 10.0. The largest absolute Gasteiger partial charge is 0.493 e. The zero-order chi connectivity index (χ0) is 17.7. The third-order valence-corrected chi connectivity index (χ3v) is 3.54. The van der Waals surface area contributed by atoms with Crippen LogP contribution >= 0.6 is 12.2 Å². The van der Waals surface area contributed by atoms with Gasteiger partial charge in [-0.2, -0.15) is 0 Å². The van der Waals surface area contributed by atoms with Crippen LogP contribution in [-0.2, 0) is 0 Å². The monoisotopic (exact) mass is 350 g/mol. The van der Waals surface area contributed by atoms with Crippen molar-refractivity contribution >= 4 is 28.7 Å². The summed E-state index contributed by atoms with van der Waals surface area (Å²) in [5.74, 6) is 1.27. The first-order chi connectivity index (χ1) is 11.5. The van der Waals surface area contributed by atoms with Crippen molar-refractivity contribution in [2.75, 3.05) is 32.0 Å². The van der Waals surface area contributed by atoms with Crippen molar-refractivity contribution < 1.29 is 18.6 Å². The highest BCUT2D eigenvalue weighted by atomic mass is 32.1. The molecule has 128 valence electrons. The molecule has 0 heterocycles. The molecule has 0 unspecified atom stereocenters. The van der Waals surface area contributed by atoms with E-state index in [9.17, 15) is 4.39 Å². The van der Waals surface area contributed by atoms with Crippen molar-refractivity contribution in [1.82, 2.24) is 0 Å². The highest BCUT2D eigenvalue weighted by Gasteiger charge is 2.13. The number of benzene rings is 2. The Hall–Kier alpha value is -2.54. The lowest BCUT2D eigenvalue weighted by Crippen LogP contribution is -2.19. The fraction of sp³-hybridized carbons (Fsp3) is 0.235. The summed E-state index contributed by atoms with van der Waals surface area (Å²) in [4.78, 5) is 0. The molecule has 2 aromatic carbocycles. The summed E-state index contributed by atoms with van der Waals surface area (Å²) in [6.07, 6.45) is 0. The number of aryl methyl sites for hydroxylation is 1. The van der Waals surface area contributed by atoms with Crippen molar-refractivity contribution in [1.29, 1.82) is 0 Å². The van der Waals surface area contributed by atoms with Gasteiger partial charge in [0.15, 0.2) is 16.6 Å². The lowest BCUT2D eigenvalue weighted by molar-refractivity contribution is 0.324. The summed E-state index contributed by atoms with van der Waals surface area (Å²) in [6, 6.07) is 8.17. The Bertz CT molecular complexity index is 728. The maximum absolute atomic E-state index is 13.3. The minimum Gasteiger partial charge on any atom is -0.493 e. The van der Waals surface area contributed by atoms with Crippen LogP contribution in [0.25, 0.3) is 0 Å². The lowest BCUT2D eigenvalue weighted by atomic mass is 10.2. The number of halogens is 1.